The van der Waals surface area contributed by atoms with Crippen molar-refractivity contribution in [3.63, 3.8) is 0 Å². The zero-order valence-electron chi connectivity index (χ0n) is 13.2. The molecule has 5 nitrogen and oxygen atoms in total. The van der Waals surface area contributed by atoms with Crippen molar-refractivity contribution in [2.24, 2.45) is 5.92 Å². The third-order valence-electron chi connectivity index (χ3n) is 4.42. The fourth-order valence-corrected chi connectivity index (χ4v) is 3.15. The number of nitrogens with zero attached hydrogens (tertiary/aromatic N) is 1. The van der Waals surface area contributed by atoms with Gasteiger partial charge in [0.2, 0.25) is 11.8 Å². The molecular formula is C17H24ClN3O2. The molecule has 2 amide bonds. The lowest BCUT2D eigenvalue weighted by Gasteiger charge is -2.27. The molecule has 0 aliphatic carbocycles. The molecule has 0 saturated carbocycles. The molecule has 0 bridgehead atoms. The first-order chi connectivity index (χ1) is 10.7. The van der Waals surface area contributed by atoms with E-state index in [1.54, 1.807) is 0 Å². The van der Waals surface area contributed by atoms with E-state index in [1.165, 1.54) is 0 Å². The highest BCUT2D eigenvalue weighted by Gasteiger charge is 2.22. The minimum Gasteiger partial charge on any atom is -0.326 e. The second-order valence-electron chi connectivity index (χ2n) is 6.09. The average Bonchev–Trinajstić information content (AvgIpc) is 2.56. The third kappa shape index (κ3) is 4.45. The first-order valence-electron chi connectivity index (χ1n) is 8.16. The fraction of sp³-hybridized carbons (Fsp3) is 0.529. The van der Waals surface area contributed by atoms with Crippen LogP contribution in [-0.4, -0.2) is 31.4 Å². The highest BCUT2D eigenvalue weighted by atomic mass is 35.5. The summed E-state index contributed by atoms with van der Waals surface area (Å²) in [5, 5.41) is 6.25. The minimum absolute atomic E-state index is 0. The maximum absolute atomic E-state index is 12.3. The summed E-state index contributed by atoms with van der Waals surface area (Å²) in [6, 6.07) is 7.61. The Morgan fingerprint density at radius 2 is 2.13 bits per heavy atom. The van der Waals surface area contributed by atoms with Gasteiger partial charge in [-0.05, 0) is 50.4 Å². The quantitative estimate of drug-likeness (QED) is 0.891. The number of carbonyl (C=O) groups is 2. The lowest BCUT2D eigenvalue weighted by atomic mass is 9.99. The zero-order chi connectivity index (χ0) is 15.4. The Balaban J connectivity index is 0.00000192. The molecule has 2 heterocycles. The normalized spacial score (nSPS) is 21.5. The van der Waals surface area contributed by atoms with Crippen LogP contribution in [0.3, 0.4) is 0 Å². The van der Waals surface area contributed by atoms with Crippen LogP contribution in [0.25, 0.3) is 0 Å². The summed E-state index contributed by atoms with van der Waals surface area (Å²) in [6.45, 7) is 2.51. The highest BCUT2D eigenvalue weighted by Crippen LogP contribution is 2.24. The molecule has 0 aromatic heterocycles. The Morgan fingerprint density at radius 1 is 1.26 bits per heavy atom. The number of anilines is 2. The second kappa shape index (κ2) is 8.31. The Hall–Kier alpha value is -1.59. The van der Waals surface area contributed by atoms with E-state index in [9.17, 15) is 9.59 Å². The van der Waals surface area contributed by atoms with Gasteiger partial charge < -0.3 is 15.5 Å². The minimum atomic E-state index is 0. The molecule has 1 aromatic carbocycles. The van der Waals surface area contributed by atoms with E-state index < -0.39 is 0 Å². The fourth-order valence-electron chi connectivity index (χ4n) is 3.15. The zero-order valence-corrected chi connectivity index (χ0v) is 14.0. The molecule has 0 spiro atoms. The monoisotopic (exact) mass is 337 g/mol. The van der Waals surface area contributed by atoms with Gasteiger partial charge in [-0.3, -0.25) is 9.59 Å². The standard InChI is InChI=1S/C17H23N3O2.ClH/c21-16-8-1-2-10-20(16)15-7-3-6-14(11-15)19-17(22)13-5-4-9-18-12-13;/h3,6-7,11,13,18H,1-2,4-5,8-10,12H2,(H,19,22);1H. The number of nitrogens with one attached hydrogen (secondary N) is 2. The van der Waals surface area contributed by atoms with Crippen LogP contribution in [0.1, 0.15) is 32.1 Å². The Morgan fingerprint density at radius 3 is 2.87 bits per heavy atom. The van der Waals surface area contributed by atoms with Crippen molar-refractivity contribution < 1.29 is 9.59 Å². The average molecular weight is 338 g/mol. The number of benzene rings is 1. The lowest BCUT2D eigenvalue weighted by Crippen LogP contribution is -2.37. The van der Waals surface area contributed by atoms with Crippen molar-refractivity contribution in [3.05, 3.63) is 24.3 Å². The summed E-state index contributed by atoms with van der Waals surface area (Å²) in [4.78, 5) is 26.1. The Kier molecular flexibility index (Phi) is 6.42. The number of carbonyl (C=O) groups excluding carboxylic acids is 2. The molecule has 6 heteroatoms. The van der Waals surface area contributed by atoms with Gasteiger partial charge in [-0.1, -0.05) is 6.07 Å². The molecule has 23 heavy (non-hydrogen) atoms. The number of hydrogen-bond donors (Lipinski definition) is 2. The SMILES string of the molecule is Cl.O=C(Nc1cccc(N2CCCCC2=O)c1)C1CCCNC1. The first kappa shape index (κ1) is 17.8. The molecule has 1 atom stereocenters. The third-order valence-corrected chi connectivity index (χ3v) is 4.42. The number of hydrogen-bond acceptors (Lipinski definition) is 3. The smallest absolute Gasteiger partial charge is 0.228 e. The predicted molar refractivity (Wildman–Crippen MR) is 94.1 cm³/mol. The van der Waals surface area contributed by atoms with Crippen molar-refractivity contribution in [2.75, 3.05) is 29.9 Å². The second-order valence-corrected chi connectivity index (χ2v) is 6.09. The van der Waals surface area contributed by atoms with Gasteiger partial charge in [0.05, 0.1) is 5.92 Å². The summed E-state index contributed by atoms with van der Waals surface area (Å²) < 4.78 is 0. The topological polar surface area (TPSA) is 61.4 Å². The summed E-state index contributed by atoms with van der Waals surface area (Å²) >= 11 is 0. The van der Waals surface area contributed by atoms with E-state index in [-0.39, 0.29) is 30.1 Å². The van der Waals surface area contributed by atoms with Crippen LogP contribution in [0, 0.1) is 5.92 Å². The van der Waals surface area contributed by atoms with E-state index in [0.29, 0.717) is 6.42 Å². The molecule has 1 aromatic rings. The summed E-state index contributed by atoms with van der Waals surface area (Å²) in [6.07, 6.45) is 4.60. The maximum Gasteiger partial charge on any atom is 0.228 e. The molecular weight excluding hydrogens is 314 g/mol. The number of halogens is 1. The van der Waals surface area contributed by atoms with Crippen LogP contribution in [-0.2, 0) is 9.59 Å². The van der Waals surface area contributed by atoms with E-state index in [0.717, 1.165) is 56.7 Å². The predicted octanol–water partition coefficient (Wildman–Crippen LogP) is 2.56. The van der Waals surface area contributed by atoms with Crippen molar-refractivity contribution in [1.82, 2.24) is 5.32 Å². The van der Waals surface area contributed by atoms with Gasteiger partial charge in [0, 0.05) is 30.9 Å². The number of rotatable bonds is 3. The van der Waals surface area contributed by atoms with Crippen molar-refractivity contribution in [1.29, 1.82) is 0 Å². The summed E-state index contributed by atoms with van der Waals surface area (Å²) in [7, 11) is 0. The van der Waals surface area contributed by atoms with Gasteiger partial charge in [-0.2, -0.15) is 0 Å². The van der Waals surface area contributed by atoms with Crippen LogP contribution >= 0.6 is 12.4 Å². The molecule has 1 unspecified atom stereocenters. The largest absolute Gasteiger partial charge is 0.326 e. The van der Waals surface area contributed by atoms with Crippen LogP contribution in [0.15, 0.2) is 24.3 Å². The molecule has 2 aliphatic heterocycles. The van der Waals surface area contributed by atoms with Crippen molar-refractivity contribution in [2.45, 2.75) is 32.1 Å². The van der Waals surface area contributed by atoms with E-state index in [4.69, 9.17) is 0 Å². The molecule has 3 rings (SSSR count). The van der Waals surface area contributed by atoms with Crippen LogP contribution in [0.2, 0.25) is 0 Å². The molecule has 126 valence electrons. The van der Waals surface area contributed by atoms with Gasteiger partial charge in [-0.15, -0.1) is 12.4 Å². The molecule has 2 aliphatic rings. The van der Waals surface area contributed by atoms with E-state index >= 15 is 0 Å². The van der Waals surface area contributed by atoms with Crippen LogP contribution in [0.4, 0.5) is 11.4 Å². The molecule has 2 fully saturated rings. The van der Waals surface area contributed by atoms with Gasteiger partial charge in [0.15, 0.2) is 0 Å². The van der Waals surface area contributed by atoms with Crippen LogP contribution in [0.5, 0.6) is 0 Å². The van der Waals surface area contributed by atoms with E-state index in [1.807, 2.05) is 29.2 Å². The van der Waals surface area contributed by atoms with Gasteiger partial charge in [0.25, 0.3) is 0 Å². The number of piperidine rings is 2. The van der Waals surface area contributed by atoms with Crippen LogP contribution < -0.4 is 15.5 Å². The Bertz CT molecular complexity index is 559. The van der Waals surface area contributed by atoms with Crippen molar-refractivity contribution >= 4 is 35.6 Å². The summed E-state index contributed by atoms with van der Waals surface area (Å²) in [5.41, 5.74) is 1.65. The lowest BCUT2D eigenvalue weighted by molar-refractivity contribution is -0.120. The first-order valence-corrected chi connectivity index (χ1v) is 8.16. The molecule has 0 radical (unpaired) electrons. The number of amides is 2. The van der Waals surface area contributed by atoms with Gasteiger partial charge in [-0.25, -0.2) is 0 Å². The Labute approximate surface area is 143 Å². The van der Waals surface area contributed by atoms with E-state index in [2.05, 4.69) is 10.6 Å². The molecule has 2 N–H and O–H groups in total. The van der Waals surface area contributed by atoms with Gasteiger partial charge in [0.1, 0.15) is 0 Å². The van der Waals surface area contributed by atoms with Gasteiger partial charge >= 0.3 is 0 Å². The highest BCUT2D eigenvalue weighted by molar-refractivity contribution is 5.96. The van der Waals surface area contributed by atoms with Crippen molar-refractivity contribution in [3.8, 4) is 0 Å². The molecule has 2 saturated heterocycles. The maximum atomic E-state index is 12.3. The summed E-state index contributed by atoms with van der Waals surface area (Å²) in [5.74, 6) is 0.273.